The van der Waals surface area contributed by atoms with Crippen LogP contribution >= 0.6 is 0 Å². The molecule has 3 rings (SSSR count). The summed E-state index contributed by atoms with van der Waals surface area (Å²) in [5.74, 6) is -0.537. The van der Waals surface area contributed by atoms with Crippen LogP contribution in [-0.2, 0) is 0 Å². The topological polar surface area (TPSA) is 71.3 Å². The molecular weight excluding hydrogens is 328 g/mol. The molecule has 3 aromatic rings. The first kappa shape index (κ1) is 17.5. The van der Waals surface area contributed by atoms with Gasteiger partial charge in [-0.15, -0.1) is 0 Å². The van der Waals surface area contributed by atoms with E-state index >= 15 is 0 Å². The number of hydrogen-bond acceptors (Lipinski definition) is 4. The van der Waals surface area contributed by atoms with Gasteiger partial charge in [0.05, 0.1) is 6.26 Å². The summed E-state index contributed by atoms with van der Waals surface area (Å²) >= 11 is 0. The van der Waals surface area contributed by atoms with E-state index in [0.29, 0.717) is 5.56 Å². The number of rotatable bonds is 6. The first-order valence-electron chi connectivity index (χ1n) is 8.31. The lowest BCUT2D eigenvalue weighted by atomic mass is 10.1. The molecule has 1 aromatic heterocycles. The molecule has 2 N–H and O–H groups in total. The van der Waals surface area contributed by atoms with Crippen molar-refractivity contribution in [2.75, 3.05) is 5.32 Å². The van der Waals surface area contributed by atoms with Crippen LogP contribution in [0.25, 0.3) is 0 Å². The molecule has 0 fully saturated rings. The van der Waals surface area contributed by atoms with Crippen LogP contribution in [0.5, 0.6) is 0 Å². The second-order valence-electron chi connectivity index (χ2n) is 6.13. The summed E-state index contributed by atoms with van der Waals surface area (Å²) in [6.45, 7) is 3.92. The van der Waals surface area contributed by atoms with Crippen LogP contribution in [0, 0.1) is 13.8 Å². The van der Waals surface area contributed by atoms with Gasteiger partial charge in [0.2, 0.25) is 5.78 Å². The second kappa shape index (κ2) is 7.70. The van der Waals surface area contributed by atoms with E-state index in [1.54, 1.807) is 24.3 Å². The van der Waals surface area contributed by atoms with Crippen molar-refractivity contribution in [1.29, 1.82) is 0 Å². The smallest absolute Gasteiger partial charge is 0.288 e. The largest absolute Gasteiger partial charge is 0.459 e. The Bertz CT molecular complexity index is 899. The number of benzene rings is 2. The molecule has 1 heterocycles. The van der Waals surface area contributed by atoms with Gasteiger partial charge < -0.3 is 15.1 Å². The predicted molar refractivity (Wildman–Crippen MR) is 100 cm³/mol. The Morgan fingerprint density at radius 2 is 1.69 bits per heavy atom. The Kier molecular flexibility index (Phi) is 5.17. The molecule has 0 aliphatic carbocycles. The minimum absolute atomic E-state index is 0.151. The molecule has 0 saturated carbocycles. The molecule has 5 heteroatoms. The number of carbonyl (C=O) groups excluding carboxylic acids is 2. The average Bonchev–Trinajstić information content (AvgIpc) is 3.16. The van der Waals surface area contributed by atoms with E-state index in [1.807, 2.05) is 50.2 Å². The van der Waals surface area contributed by atoms with Crippen molar-refractivity contribution >= 4 is 17.4 Å². The number of carbonyl (C=O) groups is 2. The third-order valence-electron chi connectivity index (χ3n) is 3.95. The second-order valence-corrected chi connectivity index (χ2v) is 6.13. The Morgan fingerprint density at radius 3 is 2.35 bits per heavy atom. The van der Waals surface area contributed by atoms with Crippen molar-refractivity contribution in [2.24, 2.45) is 0 Å². The average molecular weight is 348 g/mol. The van der Waals surface area contributed by atoms with Gasteiger partial charge in [0.1, 0.15) is 0 Å². The number of Topliss-reactive ketones (excluding diaryl/α,β-unsaturated/α-hetero) is 1. The zero-order chi connectivity index (χ0) is 18.5. The highest BCUT2D eigenvalue weighted by atomic mass is 16.3. The Morgan fingerprint density at radius 1 is 0.923 bits per heavy atom. The van der Waals surface area contributed by atoms with Crippen LogP contribution in [0.3, 0.4) is 0 Å². The third-order valence-corrected chi connectivity index (χ3v) is 3.95. The molecular formula is C21H20N2O3. The fourth-order valence-electron chi connectivity index (χ4n) is 2.56. The van der Waals surface area contributed by atoms with Crippen LogP contribution in [0.2, 0.25) is 0 Å². The number of hydrogen-bond donors (Lipinski definition) is 2. The monoisotopic (exact) mass is 348 g/mol. The van der Waals surface area contributed by atoms with Gasteiger partial charge >= 0.3 is 0 Å². The van der Waals surface area contributed by atoms with Crippen molar-refractivity contribution in [3.8, 4) is 0 Å². The van der Waals surface area contributed by atoms with Crippen molar-refractivity contribution in [2.45, 2.75) is 20.0 Å². The van der Waals surface area contributed by atoms with Gasteiger partial charge in [0.15, 0.2) is 11.9 Å². The van der Waals surface area contributed by atoms with E-state index in [2.05, 4.69) is 10.6 Å². The summed E-state index contributed by atoms with van der Waals surface area (Å²) in [7, 11) is 0. The molecule has 0 spiro atoms. The first-order valence-corrected chi connectivity index (χ1v) is 8.31. The Balaban J connectivity index is 1.86. The maximum Gasteiger partial charge on any atom is 0.288 e. The van der Waals surface area contributed by atoms with E-state index in [-0.39, 0.29) is 11.5 Å². The molecule has 0 radical (unpaired) electrons. The van der Waals surface area contributed by atoms with E-state index in [0.717, 1.165) is 16.8 Å². The number of amides is 1. The maximum atomic E-state index is 12.9. The van der Waals surface area contributed by atoms with Crippen molar-refractivity contribution < 1.29 is 14.0 Å². The van der Waals surface area contributed by atoms with Crippen LogP contribution < -0.4 is 10.6 Å². The van der Waals surface area contributed by atoms with Gasteiger partial charge in [-0.2, -0.15) is 0 Å². The van der Waals surface area contributed by atoms with Gasteiger partial charge in [0.25, 0.3) is 5.91 Å². The van der Waals surface area contributed by atoms with Crippen molar-refractivity contribution in [1.82, 2.24) is 5.32 Å². The molecule has 0 aliphatic heterocycles. The SMILES string of the molecule is Cc1ccc(C(=O)[C@@H](NC(=O)c2ccco2)Nc2cccc(C)c2)cc1. The standard InChI is InChI=1S/C21H20N2O3/c1-14-8-10-16(11-9-14)19(24)20(22-17-6-3-5-15(2)13-17)23-21(25)18-7-4-12-26-18/h3-13,20,22H,1-2H3,(H,23,25)/t20-/m1/s1. The number of anilines is 1. The molecule has 0 saturated heterocycles. The molecule has 132 valence electrons. The van der Waals surface area contributed by atoms with Gasteiger partial charge in [-0.3, -0.25) is 9.59 Å². The van der Waals surface area contributed by atoms with Crippen LogP contribution in [0.4, 0.5) is 5.69 Å². The minimum Gasteiger partial charge on any atom is -0.459 e. The highest BCUT2D eigenvalue weighted by Gasteiger charge is 2.23. The molecule has 5 nitrogen and oxygen atoms in total. The Labute approximate surface area is 152 Å². The van der Waals surface area contributed by atoms with Crippen LogP contribution in [0.15, 0.2) is 71.3 Å². The summed E-state index contributed by atoms with van der Waals surface area (Å²) in [4.78, 5) is 25.3. The highest BCUT2D eigenvalue weighted by Crippen LogP contribution is 2.14. The lowest BCUT2D eigenvalue weighted by Crippen LogP contribution is -2.46. The molecule has 1 amide bonds. The zero-order valence-corrected chi connectivity index (χ0v) is 14.7. The highest BCUT2D eigenvalue weighted by molar-refractivity contribution is 6.04. The van der Waals surface area contributed by atoms with Crippen LogP contribution in [-0.4, -0.2) is 17.9 Å². The summed E-state index contributed by atoms with van der Waals surface area (Å²) in [5, 5.41) is 5.81. The predicted octanol–water partition coefficient (Wildman–Crippen LogP) is 3.95. The van der Waals surface area contributed by atoms with E-state index in [9.17, 15) is 9.59 Å². The number of ketones is 1. The summed E-state index contributed by atoms with van der Waals surface area (Å²) < 4.78 is 5.12. The Hall–Kier alpha value is -3.34. The van der Waals surface area contributed by atoms with Gasteiger partial charge in [-0.05, 0) is 43.7 Å². The van der Waals surface area contributed by atoms with Crippen molar-refractivity contribution in [3.05, 3.63) is 89.4 Å². The van der Waals surface area contributed by atoms with Crippen LogP contribution in [0.1, 0.15) is 32.0 Å². The molecule has 0 aliphatic rings. The minimum atomic E-state index is -0.919. The van der Waals surface area contributed by atoms with E-state index in [4.69, 9.17) is 4.42 Å². The fraction of sp³-hybridized carbons (Fsp3) is 0.143. The molecule has 0 bridgehead atoms. The lowest BCUT2D eigenvalue weighted by Gasteiger charge is -2.20. The summed E-state index contributed by atoms with van der Waals surface area (Å²) in [6, 6.07) is 18.0. The van der Waals surface area contributed by atoms with Crippen molar-refractivity contribution in [3.63, 3.8) is 0 Å². The summed E-state index contributed by atoms with van der Waals surface area (Å²) in [5.41, 5.74) is 3.37. The molecule has 1 atom stereocenters. The van der Waals surface area contributed by atoms with Gasteiger partial charge in [-0.25, -0.2) is 0 Å². The third kappa shape index (κ3) is 4.19. The lowest BCUT2D eigenvalue weighted by molar-refractivity contribution is 0.0853. The number of nitrogens with one attached hydrogen (secondary N) is 2. The number of furan rings is 1. The first-order chi connectivity index (χ1) is 12.5. The molecule has 0 unspecified atom stereocenters. The molecule has 2 aromatic carbocycles. The zero-order valence-electron chi connectivity index (χ0n) is 14.7. The van der Waals surface area contributed by atoms with Gasteiger partial charge in [0, 0.05) is 11.3 Å². The fourth-order valence-corrected chi connectivity index (χ4v) is 2.56. The van der Waals surface area contributed by atoms with Gasteiger partial charge in [-0.1, -0.05) is 42.0 Å². The maximum absolute atomic E-state index is 12.9. The van der Waals surface area contributed by atoms with E-state index < -0.39 is 12.1 Å². The molecule has 26 heavy (non-hydrogen) atoms. The summed E-state index contributed by atoms with van der Waals surface area (Å²) in [6.07, 6.45) is 0.497. The number of aryl methyl sites for hydroxylation is 2. The quantitative estimate of drug-likeness (QED) is 0.523. The van der Waals surface area contributed by atoms with E-state index in [1.165, 1.54) is 6.26 Å². The normalized spacial score (nSPS) is 11.6.